The van der Waals surface area contributed by atoms with Crippen LogP contribution in [0.4, 0.5) is 5.69 Å². The lowest BCUT2D eigenvalue weighted by Gasteiger charge is -2.27. The summed E-state index contributed by atoms with van der Waals surface area (Å²) in [5.41, 5.74) is 1.05. The molecule has 1 aliphatic heterocycles. The average molecular weight is 440 g/mol. The van der Waals surface area contributed by atoms with Gasteiger partial charge in [0.1, 0.15) is 15.5 Å². The number of carbonyl (C=O) groups is 1. The number of amides is 1. The second kappa shape index (κ2) is 9.21. The summed E-state index contributed by atoms with van der Waals surface area (Å²) in [7, 11) is -3.78. The first-order chi connectivity index (χ1) is 13.9. The van der Waals surface area contributed by atoms with Gasteiger partial charge in [0.15, 0.2) is 0 Å². The van der Waals surface area contributed by atoms with Crippen molar-refractivity contribution < 1.29 is 22.7 Å². The summed E-state index contributed by atoms with van der Waals surface area (Å²) >= 11 is 1.34. The van der Waals surface area contributed by atoms with Gasteiger partial charge in [-0.25, -0.2) is 13.4 Å². The van der Waals surface area contributed by atoms with Crippen molar-refractivity contribution in [2.75, 3.05) is 38.2 Å². The molecule has 1 aliphatic rings. The van der Waals surface area contributed by atoms with Crippen LogP contribution in [0.5, 0.6) is 5.75 Å². The van der Waals surface area contributed by atoms with Crippen molar-refractivity contribution in [2.24, 2.45) is 0 Å². The second-order valence-electron chi connectivity index (χ2n) is 6.44. The van der Waals surface area contributed by atoms with Crippen LogP contribution >= 0.6 is 11.3 Å². The van der Waals surface area contributed by atoms with Gasteiger partial charge in [0.2, 0.25) is 10.0 Å². The topological polar surface area (TPSA) is 97.8 Å². The zero-order valence-corrected chi connectivity index (χ0v) is 18.4. The molecule has 10 heteroatoms. The van der Waals surface area contributed by atoms with Gasteiger partial charge >= 0.3 is 0 Å². The molecule has 158 valence electrons. The minimum Gasteiger partial charge on any atom is -0.492 e. The maximum atomic E-state index is 13.2. The molecule has 0 saturated carbocycles. The summed E-state index contributed by atoms with van der Waals surface area (Å²) in [5.74, 6) is -0.0437. The molecule has 0 unspecified atom stereocenters. The second-order valence-corrected chi connectivity index (χ2v) is 9.43. The van der Waals surface area contributed by atoms with Crippen LogP contribution in [0.15, 0.2) is 23.1 Å². The number of nitrogens with zero attached hydrogens (tertiary/aromatic N) is 2. The molecule has 1 amide bonds. The largest absolute Gasteiger partial charge is 0.492 e. The molecule has 0 spiro atoms. The molecule has 0 aliphatic carbocycles. The highest BCUT2D eigenvalue weighted by atomic mass is 32.2. The van der Waals surface area contributed by atoms with Crippen molar-refractivity contribution >= 4 is 33.0 Å². The number of sulfonamides is 1. The molecule has 1 saturated heterocycles. The Kier molecular flexibility index (Phi) is 6.89. The fourth-order valence-electron chi connectivity index (χ4n) is 2.99. The molecule has 1 N–H and O–H groups in total. The van der Waals surface area contributed by atoms with Gasteiger partial charge in [-0.1, -0.05) is 6.92 Å². The first-order valence-corrected chi connectivity index (χ1v) is 11.7. The highest BCUT2D eigenvalue weighted by Crippen LogP contribution is 2.31. The molecule has 0 atom stereocenters. The summed E-state index contributed by atoms with van der Waals surface area (Å²) < 4.78 is 38.5. The van der Waals surface area contributed by atoms with Crippen molar-refractivity contribution in [1.82, 2.24) is 9.29 Å². The maximum absolute atomic E-state index is 13.2. The van der Waals surface area contributed by atoms with Crippen molar-refractivity contribution in [3.05, 3.63) is 33.8 Å². The van der Waals surface area contributed by atoms with E-state index in [1.807, 2.05) is 6.92 Å². The quantitative estimate of drug-likeness (QED) is 0.712. The summed E-state index contributed by atoms with van der Waals surface area (Å²) in [6.45, 7) is 7.16. The van der Waals surface area contributed by atoms with E-state index in [0.717, 1.165) is 11.4 Å². The fraction of sp³-hybridized carbons (Fsp3) is 0.474. The van der Waals surface area contributed by atoms with E-state index >= 15 is 0 Å². The lowest BCUT2D eigenvalue weighted by molar-refractivity contribution is 0.0729. The van der Waals surface area contributed by atoms with Gasteiger partial charge in [-0.05, 0) is 38.5 Å². The maximum Gasteiger partial charge on any atom is 0.267 e. The summed E-state index contributed by atoms with van der Waals surface area (Å²) in [6, 6.07) is 4.66. The van der Waals surface area contributed by atoms with Crippen LogP contribution < -0.4 is 10.1 Å². The summed E-state index contributed by atoms with van der Waals surface area (Å²) in [6.07, 6.45) is 0.754. The number of carbonyl (C=O) groups excluding carboxylic acids is 1. The van der Waals surface area contributed by atoms with E-state index in [1.54, 1.807) is 26.0 Å². The van der Waals surface area contributed by atoms with Gasteiger partial charge in [-0.2, -0.15) is 4.31 Å². The van der Waals surface area contributed by atoms with Crippen molar-refractivity contribution in [3.63, 3.8) is 0 Å². The molecule has 1 aromatic carbocycles. The molecule has 2 aromatic rings. The zero-order valence-electron chi connectivity index (χ0n) is 16.7. The molecule has 8 nitrogen and oxygen atoms in total. The van der Waals surface area contributed by atoms with Crippen LogP contribution in [-0.2, 0) is 21.2 Å². The van der Waals surface area contributed by atoms with E-state index < -0.39 is 10.0 Å². The lowest BCUT2D eigenvalue weighted by atomic mass is 10.3. The number of thiazole rings is 1. The molecular weight excluding hydrogens is 414 g/mol. The number of rotatable bonds is 7. The van der Waals surface area contributed by atoms with Crippen LogP contribution in [0, 0.1) is 6.92 Å². The Morgan fingerprint density at radius 2 is 2.03 bits per heavy atom. The highest BCUT2D eigenvalue weighted by molar-refractivity contribution is 7.89. The van der Waals surface area contributed by atoms with Crippen molar-refractivity contribution in [2.45, 2.75) is 32.1 Å². The van der Waals surface area contributed by atoms with E-state index in [9.17, 15) is 13.2 Å². The molecule has 2 heterocycles. The van der Waals surface area contributed by atoms with Gasteiger partial charge in [0, 0.05) is 18.8 Å². The normalized spacial score (nSPS) is 15.3. The van der Waals surface area contributed by atoms with E-state index in [1.165, 1.54) is 21.7 Å². The van der Waals surface area contributed by atoms with Crippen LogP contribution in [0.2, 0.25) is 0 Å². The number of anilines is 1. The molecule has 3 rings (SSSR count). The van der Waals surface area contributed by atoms with Gasteiger partial charge in [0.25, 0.3) is 5.91 Å². The van der Waals surface area contributed by atoms with E-state index in [4.69, 9.17) is 9.47 Å². The lowest BCUT2D eigenvalue weighted by Crippen LogP contribution is -2.40. The SMILES string of the molecule is CCOc1ccc(NC(=O)c2sc(CC)nc2C)cc1S(=O)(=O)N1CCOCC1. The van der Waals surface area contributed by atoms with Crippen LogP contribution in [0.25, 0.3) is 0 Å². The van der Waals surface area contributed by atoms with Crippen LogP contribution in [-0.4, -0.2) is 56.5 Å². The predicted octanol–water partition coefficient (Wildman–Crippen LogP) is 2.69. The number of aryl methyl sites for hydroxylation is 2. The third-order valence-corrected chi connectivity index (χ3v) is 7.66. The van der Waals surface area contributed by atoms with Gasteiger partial charge in [0.05, 0.1) is 30.5 Å². The summed E-state index contributed by atoms with van der Waals surface area (Å²) in [4.78, 5) is 17.6. The van der Waals surface area contributed by atoms with Crippen LogP contribution in [0.1, 0.15) is 34.2 Å². The third-order valence-electron chi connectivity index (χ3n) is 4.44. The standard InChI is InChI=1S/C19H25N3O5S2/c1-4-17-20-13(3)18(28-17)19(23)21-14-6-7-15(27-5-2)16(12-14)29(24,25)22-8-10-26-11-9-22/h6-7,12H,4-5,8-11H2,1-3H3,(H,21,23). The average Bonchev–Trinajstić information content (AvgIpc) is 3.11. The molecule has 0 bridgehead atoms. The first kappa shape index (κ1) is 21.7. The summed E-state index contributed by atoms with van der Waals surface area (Å²) in [5, 5.41) is 3.67. The van der Waals surface area contributed by atoms with Gasteiger partial charge in [-0.3, -0.25) is 4.79 Å². The minimum absolute atomic E-state index is 0.0364. The Morgan fingerprint density at radius 1 is 1.31 bits per heavy atom. The number of benzene rings is 1. The van der Waals surface area contributed by atoms with Gasteiger partial charge in [-0.15, -0.1) is 11.3 Å². The Hall–Kier alpha value is -2.01. The molecule has 29 heavy (non-hydrogen) atoms. The minimum atomic E-state index is -3.78. The number of aromatic nitrogens is 1. The molecule has 1 fully saturated rings. The van der Waals surface area contributed by atoms with E-state index in [-0.39, 0.29) is 29.6 Å². The molecule has 0 radical (unpaired) electrons. The Labute approximate surface area is 174 Å². The number of nitrogens with one attached hydrogen (secondary N) is 1. The Morgan fingerprint density at radius 3 is 2.66 bits per heavy atom. The number of ether oxygens (including phenoxy) is 2. The smallest absolute Gasteiger partial charge is 0.267 e. The van der Waals surface area contributed by atoms with Crippen molar-refractivity contribution in [1.29, 1.82) is 0 Å². The Bertz CT molecular complexity index is 982. The van der Waals surface area contributed by atoms with E-state index in [2.05, 4.69) is 10.3 Å². The van der Waals surface area contributed by atoms with Crippen LogP contribution in [0.3, 0.4) is 0 Å². The monoisotopic (exact) mass is 439 g/mol. The first-order valence-electron chi connectivity index (χ1n) is 9.49. The molecular formula is C19H25N3O5S2. The number of morpholine rings is 1. The van der Waals surface area contributed by atoms with Crippen molar-refractivity contribution in [3.8, 4) is 5.75 Å². The predicted molar refractivity (Wildman–Crippen MR) is 111 cm³/mol. The molecule has 1 aromatic heterocycles. The number of hydrogen-bond acceptors (Lipinski definition) is 7. The van der Waals surface area contributed by atoms with E-state index in [0.29, 0.717) is 36.1 Å². The third kappa shape index (κ3) is 4.77. The highest BCUT2D eigenvalue weighted by Gasteiger charge is 2.30. The zero-order chi connectivity index (χ0) is 21.0. The van der Waals surface area contributed by atoms with Gasteiger partial charge < -0.3 is 14.8 Å². The fourth-order valence-corrected chi connectivity index (χ4v) is 5.45. The number of hydrogen-bond donors (Lipinski definition) is 1. The Balaban J connectivity index is 1.91.